The highest BCUT2D eigenvalue weighted by atomic mass is 16.1. The van der Waals surface area contributed by atoms with Crippen molar-refractivity contribution < 1.29 is 1.37 Å². The number of hydrogen-bond donors (Lipinski definition) is 1. The second-order valence-corrected chi connectivity index (χ2v) is 6.23. The van der Waals surface area contributed by atoms with Crippen molar-refractivity contribution in [3.63, 3.8) is 0 Å². The van der Waals surface area contributed by atoms with Crippen molar-refractivity contribution in [1.82, 2.24) is 14.5 Å². The summed E-state index contributed by atoms with van der Waals surface area (Å²) in [5.41, 5.74) is 5.04. The molecule has 0 aliphatic carbocycles. The third-order valence-electron chi connectivity index (χ3n) is 4.38. The van der Waals surface area contributed by atoms with E-state index in [4.69, 9.17) is 1.37 Å². The second kappa shape index (κ2) is 6.06. The van der Waals surface area contributed by atoms with Gasteiger partial charge in [-0.3, -0.25) is 4.79 Å². The van der Waals surface area contributed by atoms with Crippen molar-refractivity contribution in [2.24, 2.45) is 0 Å². The maximum atomic E-state index is 12.4. The van der Waals surface area contributed by atoms with Crippen molar-refractivity contribution in [3.05, 3.63) is 88.1 Å². The van der Waals surface area contributed by atoms with E-state index in [9.17, 15) is 4.79 Å². The van der Waals surface area contributed by atoms with Gasteiger partial charge in [-0.15, -0.1) is 0 Å². The van der Waals surface area contributed by atoms with Crippen molar-refractivity contribution in [1.29, 1.82) is 0 Å². The van der Waals surface area contributed by atoms with Crippen molar-refractivity contribution in [2.75, 3.05) is 0 Å². The van der Waals surface area contributed by atoms with Gasteiger partial charge in [-0.2, -0.15) is 0 Å². The molecule has 4 nitrogen and oxygen atoms in total. The summed E-state index contributed by atoms with van der Waals surface area (Å²) in [4.78, 5) is 19.7. The summed E-state index contributed by atoms with van der Waals surface area (Å²) in [6.07, 6.45) is 0. The average molecular weight is 330 g/mol. The minimum Gasteiger partial charge on any atom is -0.325 e. The number of nitrogens with zero attached hydrogens (tertiary/aromatic N) is 2. The first kappa shape index (κ1) is 14.2. The third-order valence-corrected chi connectivity index (χ3v) is 4.38. The van der Waals surface area contributed by atoms with Crippen molar-refractivity contribution in [2.45, 2.75) is 20.4 Å². The molecular weight excluding hydrogens is 310 g/mol. The van der Waals surface area contributed by atoms with Crippen LogP contribution in [0.4, 0.5) is 0 Å². The monoisotopic (exact) mass is 330 g/mol. The molecule has 0 bridgehead atoms. The van der Waals surface area contributed by atoms with Crippen LogP contribution in [0.15, 0.2) is 65.4 Å². The number of rotatable bonds is 3. The van der Waals surface area contributed by atoms with Crippen LogP contribution in [0.25, 0.3) is 22.2 Å². The SMILES string of the molecule is [2H]c1ccccc1-c1ccc(Cn2c(C)nc3cc(C)[nH]c(=O)c32)cc1. The number of benzene rings is 2. The molecule has 4 rings (SSSR count). The molecule has 4 aromatic rings. The van der Waals surface area contributed by atoms with Crippen molar-refractivity contribution >= 4 is 11.0 Å². The number of pyridine rings is 1. The molecule has 2 aromatic carbocycles. The van der Waals surface area contributed by atoms with Gasteiger partial charge in [0.1, 0.15) is 11.3 Å². The summed E-state index contributed by atoms with van der Waals surface area (Å²) in [5.74, 6) is 0.816. The average Bonchev–Trinajstić information content (AvgIpc) is 2.91. The van der Waals surface area contributed by atoms with Crippen LogP contribution in [0.2, 0.25) is 0 Å². The Kier molecular flexibility index (Phi) is 3.45. The van der Waals surface area contributed by atoms with Crippen LogP contribution >= 0.6 is 0 Å². The Morgan fingerprint density at radius 1 is 1.08 bits per heavy atom. The van der Waals surface area contributed by atoms with E-state index in [1.54, 1.807) is 6.07 Å². The fourth-order valence-electron chi connectivity index (χ4n) is 3.15. The van der Waals surface area contributed by atoms with Gasteiger partial charge in [0, 0.05) is 12.2 Å². The van der Waals surface area contributed by atoms with Crippen LogP contribution in [0.5, 0.6) is 0 Å². The Balaban J connectivity index is 1.71. The van der Waals surface area contributed by atoms with E-state index in [0.29, 0.717) is 18.1 Å². The lowest BCUT2D eigenvalue weighted by Gasteiger charge is -2.08. The molecular formula is C21H19N3O. The smallest absolute Gasteiger partial charge is 0.274 e. The number of aromatic nitrogens is 3. The topological polar surface area (TPSA) is 50.7 Å². The largest absolute Gasteiger partial charge is 0.325 e. The van der Waals surface area contributed by atoms with Gasteiger partial charge >= 0.3 is 0 Å². The molecule has 25 heavy (non-hydrogen) atoms. The first-order valence-electron chi connectivity index (χ1n) is 8.74. The fraction of sp³-hybridized carbons (Fsp3) is 0.143. The Morgan fingerprint density at radius 3 is 2.64 bits per heavy atom. The highest BCUT2D eigenvalue weighted by Crippen LogP contribution is 2.21. The van der Waals surface area contributed by atoms with Gasteiger partial charge in [0.2, 0.25) is 0 Å². The van der Waals surface area contributed by atoms with Crippen LogP contribution in [0.3, 0.4) is 0 Å². The van der Waals surface area contributed by atoms with Crippen LogP contribution in [0, 0.1) is 13.8 Å². The van der Waals surface area contributed by atoms with E-state index in [2.05, 4.69) is 9.97 Å². The molecule has 0 saturated heterocycles. The predicted molar refractivity (Wildman–Crippen MR) is 101 cm³/mol. The quantitative estimate of drug-likeness (QED) is 0.616. The summed E-state index contributed by atoms with van der Waals surface area (Å²) in [5, 5.41) is 0. The molecule has 2 aromatic heterocycles. The third kappa shape index (κ3) is 2.87. The second-order valence-electron chi connectivity index (χ2n) is 6.23. The molecule has 0 atom stereocenters. The summed E-state index contributed by atoms with van der Waals surface area (Å²) >= 11 is 0. The van der Waals surface area contributed by atoms with E-state index in [1.165, 1.54) is 0 Å². The highest BCUT2D eigenvalue weighted by Gasteiger charge is 2.12. The number of aryl methyl sites for hydroxylation is 2. The van der Waals surface area contributed by atoms with Crippen LogP contribution in [-0.2, 0) is 6.54 Å². The number of imidazole rings is 1. The standard InChI is InChI=1S/C21H19N3O/c1-14-12-19-20(21(25)22-14)24(15(2)23-19)13-16-8-10-18(11-9-16)17-6-4-3-5-7-17/h3-12H,13H2,1-2H3,(H,22,25)/i6D. The van der Waals surface area contributed by atoms with Gasteiger partial charge in [0.15, 0.2) is 0 Å². The minimum absolute atomic E-state index is 0.111. The minimum atomic E-state index is -0.111. The lowest BCUT2D eigenvalue weighted by atomic mass is 10.0. The maximum absolute atomic E-state index is 12.4. The van der Waals surface area contributed by atoms with Gasteiger partial charge in [0.25, 0.3) is 5.56 Å². The lowest BCUT2D eigenvalue weighted by Crippen LogP contribution is -2.13. The molecule has 0 unspecified atom stereocenters. The number of hydrogen-bond acceptors (Lipinski definition) is 2. The molecule has 0 fully saturated rings. The Hall–Kier alpha value is -3.14. The Morgan fingerprint density at radius 2 is 1.88 bits per heavy atom. The molecule has 0 aliphatic rings. The van der Waals surface area contributed by atoms with Crippen molar-refractivity contribution in [3.8, 4) is 11.1 Å². The first-order chi connectivity index (χ1) is 12.5. The molecule has 0 saturated carbocycles. The zero-order valence-corrected chi connectivity index (χ0v) is 14.2. The van der Waals surface area contributed by atoms with Crippen LogP contribution in [0.1, 0.15) is 18.5 Å². The van der Waals surface area contributed by atoms with Crippen LogP contribution < -0.4 is 5.56 Å². The molecule has 124 valence electrons. The van der Waals surface area contributed by atoms with E-state index < -0.39 is 0 Å². The Labute approximate surface area is 147 Å². The molecule has 0 radical (unpaired) electrons. The lowest BCUT2D eigenvalue weighted by molar-refractivity contribution is 0.782. The normalized spacial score (nSPS) is 11.7. The van der Waals surface area contributed by atoms with E-state index in [-0.39, 0.29) is 5.56 Å². The summed E-state index contributed by atoms with van der Waals surface area (Å²) in [6, 6.07) is 18.1. The maximum Gasteiger partial charge on any atom is 0.274 e. The summed E-state index contributed by atoms with van der Waals surface area (Å²) in [7, 11) is 0. The first-order valence-corrected chi connectivity index (χ1v) is 8.24. The van der Waals surface area contributed by atoms with Gasteiger partial charge in [-0.25, -0.2) is 4.98 Å². The number of aromatic amines is 1. The molecule has 0 aliphatic heterocycles. The predicted octanol–water partition coefficient (Wildman–Crippen LogP) is 4.06. The van der Waals surface area contributed by atoms with Gasteiger partial charge in [0.05, 0.1) is 6.89 Å². The number of nitrogens with one attached hydrogen (secondary N) is 1. The van der Waals surface area contributed by atoms with Gasteiger partial charge in [-0.05, 0) is 36.6 Å². The molecule has 0 spiro atoms. The van der Waals surface area contributed by atoms with E-state index in [1.807, 2.05) is 66.9 Å². The number of H-pyrrole nitrogens is 1. The van der Waals surface area contributed by atoms with Gasteiger partial charge < -0.3 is 9.55 Å². The zero-order chi connectivity index (χ0) is 18.3. The molecule has 0 amide bonds. The number of fused-ring (bicyclic) bond motifs is 1. The summed E-state index contributed by atoms with van der Waals surface area (Å²) < 4.78 is 9.97. The highest BCUT2D eigenvalue weighted by molar-refractivity contribution is 5.75. The fourth-order valence-corrected chi connectivity index (χ4v) is 3.15. The van der Waals surface area contributed by atoms with Crippen LogP contribution in [-0.4, -0.2) is 14.5 Å². The van der Waals surface area contributed by atoms with E-state index >= 15 is 0 Å². The molecule has 2 heterocycles. The Bertz CT molecular complexity index is 1160. The molecule has 1 N–H and O–H groups in total. The van der Waals surface area contributed by atoms with E-state index in [0.717, 1.165) is 33.7 Å². The summed E-state index contributed by atoms with van der Waals surface area (Å²) in [6.45, 7) is 4.36. The zero-order valence-electron chi connectivity index (χ0n) is 15.2. The van der Waals surface area contributed by atoms with Gasteiger partial charge in [-0.1, -0.05) is 54.6 Å². The molecule has 4 heteroatoms.